The van der Waals surface area contributed by atoms with E-state index in [0.717, 1.165) is 11.2 Å². The Hall–Kier alpha value is -3.34. The fourth-order valence-corrected chi connectivity index (χ4v) is 4.82. The van der Waals surface area contributed by atoms with Crippen LogP contribution in [0, 0.1) is 0 Å². The van der Waals surface area contributed by atoms with Crippen LogP contribution in [0.2, 0.25) is 0 Å². The lowest BCUT2D eigenvalue weighted by Crippen LogP contribution is -2.41. The quantitative estimate of drug-likeness (QED) is 0.287. The zero-order chi connectivity index (χ0) is 23.5. The maximum Gasteiger partial charge on any atom is 0.494 e. The second-order valence-corrected chi connectivity index (χ2v) is 10.1. The van der Waals surface area contributed by atoms with Gasteiger partial charge in [-0.3, -0.25) is 0 Å². The monoisotopic (exact) mass is 445 g/mol. The summed E-state index contributed by atoms with van der Waals surface area (Å²) >= 11 is 0. The van der Waals surface area contributed by atoms with Crippen LogP contribution >= 0.6 is 0 Å². The number of aromatic nitrogens is 1. The Labute approximate surface area is 201 Å². The molecule has 0 atom stereocenters. The molecular weight excluding hydrogens is 417 g/mol. The van der Waals surface area contributed by atoms with E-state index in [4.69, 9.17) is 9.31 Å². The summed E-state index contributed by atoms with van der Waals surface area (Å²) in [5, 5.41) is 2.51. The molecule has 0 aliphatic carbocycles. The topological polar surface area (TPSA) is 23.4 Å². The average molecular weight is 445 g/mol. The molecule has 6 rings (SSSR count). The Morgan fingerprint density at radius 2 is 1.21 bits per heavy atom. The molecule has 0 unspecified atom stereocenters. The van der Waals surface area contributed by atoms with Crippen LogP contribution in [0.5, 0.6) is 0 Å². The first-order valence-electron chi connectivity index (χ1n) is 11.9. The minimum Gasteiger partial charge on any atom is -0.399 e. The van der Waals surface area contributed by atoms with Gasteiger partial charge in [-0.1, -0.05) is 66.7 Å². The molecule has 1 aliphatic heterocycles. The number of rotatable bonds is 3. The van der Waals surface area contributed by atoms with Gasteiger partial charge in [0, 0.05) is 16.5 Å². The molecule has 0 N–H and O–H groups in total. The van der Waals surface area contributed by atoms with Gasteiger partial charge in [0.1, 0.15) is 0 Å². The van der Waals surface area contributed by atoms with Gasteiger partial charge in [0.05, 0.1) is 22.2 Å². The van der Waals surface area contributed by atoms with Gasteiger partial charge < -0.3 is 13.9 Å². The van der Waals surface area contributed by atoms with Crippen LogP contribution in [-0.2, 0) is 9.31 Å². The first-order chi connectivity index (χ1) is 16.3. The van der Waals surface area contributed by atoms with Gasteiger partial charge in [-0.05, 0) is 74.6 Å². The molecule has 4 heteroatoms. The lowest BCUT2D eigenvalue weighted by molar-refractivity contribution is 0.00578. The average Bonchev–Trinajstić information content (AvgIpc) is 3.29. The minimum absolute atomic E-state index is 0.348. The highest BCUT2D eigenvalue weighted by molar-refractivity contribution is 6.62. The molecule has 4 aromatic carbocycles. The fourth-order valence-electron chi connectivity index (χ4n) is 4.82. The lowest BCUT2D eigenvalue weighted by atomic mass is 9.79. The third-order valence-corrected chi connectivity index (χ3v) is 7.46. The van der Waals surface area contributed by atoms with Crippen molar-refractivity contribution in [2.24, 2.45) is 0 Å². The molecule has 0 radical (unpaired) electrons. The van der Waals surface area contributed by atoms with E-state index >= 15 is 0 Å². The van der Waals surface area contributed by atoms with Gasteiger partial charge in [-0.2, -0.15) is 0 Å². The van der Waals surface area contributed by atoms with Crippen LogP contribution in [0.25, 0.3) is 38.6 Å². The molecule has 0 amide bonds. The van der Waals surface area contributed by atoms with Crippen LogP contribution in [-0.4, -0.2) is 22.9 Å². The lowest BCUT2D eigenvalue weighted by Gasteiger charge is -2.32. The van der Waals surface area contributed by atoms with Crippen LogP contribution in [0.3, 0.4) is 0 Å². The van der Waals surface area contributed by atoms with E-state index in [0.29, 0.717) is 0 Å². The summed E-state index contributed by atoms with van der Waals surface area (Å²) in [4.78, 5) is 0. The van der Waals surface area contributed by atoms with Crippen LogP contribution < -0.4 is 5.46 Å². The van der Waals surface area contributed by atoms with E-state index in [2.05, 4.69) is 129 Å². The maximum absolute atomic E-state index is 6.25. The molecule has 0 saturated carbocycles. The summed E-state index contributed by atoms with van der Waals surface area (Å²) in [5.41, 5.74) is 6.32. The van der Waals surface area contributed by atoms with Gasteiger partial charge in [-0.25, -0.2) is 0 Å². The predicted molar refractivity (Wildman–Crippen MR) is 142 cm³/mol. The Morgan fingerprint density at radius 1 is 0.588 bits per heavy atom. The Bertz CT molecular complexity index is 1480. The highest BCUT2D eigenvalue weighted by atomic mass is 16.7. The molecule has 1 aromatic heterocycles. The first-order valence-corrected chi connectivity index (χ1v) is 11.9. The highest BCUT2D eigenvalue weighted by Gasteiger charge is 2.51. The summed E-state index contributed by atoms with van der Waals surface area (Å²) in [6.45, 7) is 8.35. The van der Waals surface area contributed by atoms with E-state index in [9.17, 15) is 0 Å². The maximum atomic E-state index is 6.25. The molecule has 1 saturated heterocycles. The van der Waals surface area contributed by atoms with Crippen molar-refractivity contribution in [1.29, 1.82) is 0 Å². The van der Waals surface area contributed by atoms with Crippen LogP contribution in [0.15, 0.2) is 97.1 Å². The third-order valence-electron chi connectivity index (χ3n) is 7.46. The molecular formula is C30H28BNO2. The molecule has 34 heavy (non-hydrogen) atoms. The van der Waals surface area contributed by atoms with Crippen molar-refractivity contribution in [2.45, 2.75) is 38.9 Å². The SMILES string of the molecule is CC1(C)OB(c2ccc(-n3c4ccccc4c4cc(-c5ccccc5)ccc43)cc2)OC1(C)C. The predicted octanol–water partition coefficient (Wildman–Crippen LogP) is 6.75. The number of hydrogen-bond donors (Lipinski definition) is 0. The fraction of sp³-hybridized carbons (Fsp3) is 0.200. The van der Waals surface area contributed by atoms with Gasteiger partial charge in [0.25, 0.3) is 0 Å². The minimum atomic E-state index is -0.356. The van der Waals surface area contributed by atoms with Crippen LogP contribution in [0.1, 0.15) is 27.7 Å². The summed E-state index contributed by atoms with van der Waals surface area (Å²) < 4.78 is 14.8. The van der Waals surface area contributed by atoms with Crippen molar-refractivity contribution in [3.63, 3.8) is 0 Å². The number of hydrogen-bond acceptors (Lipinski definition) is 2. The third kappa shape index (κ3) is 3.29. The van der Waals surface area contributed by atoms with Crippen molar-refractivity contribution < 1.29 is 9.31 Å². The van der Waals surface area contributed by atoms with Gasteiger partial charge in [0.2, 0.25) is 0 Å². The molecule has 3 nitrogen and oxygen atoms in total. The van der Waals surface area contributed by atoms with E-state index in [1.807, 2.05) is 0 Å². The van der Waals surface area contributed by atoms with E-state index in [-0.39, 0.29) is 18.3 Å². The summed E-state index contributed by atoms with van der Waals surface area (Å²) in [5.74, 6) is 0. The second kappa shape index (κ2) is 7.59. The first kappa shape index (κ1) is 21.2. The van der Waals surface area contributed by atoms with Crippen molar-refractivity contribution in [2.75, 3.05) is 0 Å². The smallest absolute Gasteiger partial charge is 0.399 e. The van der Waals surface area contributed by atoms with Gasteiger partial charge in [-0.15, -0.1) is 0 Å². The normalized spacial score (nSPS) is 17.0. The van der Waals surface area contributed by atoms with Gasteiger partial charge >= 0.3 is 7.12 Å². The molecule has 1 fully saturated rings. The van der Waals surface area contributed by atoms with Crippen molar-refractivity contribution in [3.05, 3.63) is 97.1 Å². The van der Waals surface area contributed by atoms with Crippen molar-refractivity contribution in [3.8, 4) is 16.8 Å². The Kier molecular flexibility index (Phi) is 4.74. The molecule has 0 bridgehead atoms. The van der Waals surface area contributed by atoms with Crippen molar-refractivity contribution in [1.82, 2.24) is 4.57 Å². The molecule has 5 aromatic rings. The van der Waals surface area contributed by atoms with E-state index in [1.165, 1.54) is 32.9 Å². The second-order valence-electron chi connectivity index (χ2n) is 10.1. The molecule has 0 spiro atoms. The van der Waals surface area contributed by atoms with E-state index in [1.54, 1.807) is 0 Å². The zero-order valence-corrected chi connectivity index (χ0v) is 20.1. The Morgan fingerprint density at radius 3 is 1.91 bits per heavy atom. The molecule has 1 aliphatic rings. The summed E-state index contributed by atoms with van der Waals surface area (Å²) in [6.07, 6.45) is 0. The zero-order valence-electron chi connectivity index (χ0n) is 20.1. The van der Waals surface area contributed by atoms with Gasteiger partial charge in [0.15, 0.2) is 0 Å². The number of para-hydroxylation sites is 1. The summed E-state index contributed by atoms with van der Waals surface area (Å²) in [7, 11) is -0.356. The van der Waals surface area contributed by atoms with Crippen molar-refractivity contribution >= 4 is 34.4 Å². The number of nitrogens with zero attached hydrogens (tertiary/aromatic N) is 1. The largest absolute Gasteiger partial charge is 0.494 e. The Balaban J connectivity index is 1.45. The highest BCUT2D eigenvalue weighted by Crippen LogP contribution is 2.37. The number of fused-ring (bicyclic) bond motifs is 3. The molecule has 2 heterocycles. The summed E-state index contributed by atoms with van der Waals surface area (Å²) in [6, 6.07) is 34.5. The molecule has 168 valence electrons. The van der Waals surface area contributed by atoms with Crippen LogP contribution in [0.4, 0.5) is 0 Å². The standard InChI is InChI=1S/C30H28BNO2/c1-29(2)30(3,4)34-31(33-29)23-15-17-24(18-16-23)32-27-13-9-8-12-25(27)26-20-22(14-19-28(26)32)21-10-6-5-7-11-21/h5-20H,1-4H3. The number of benzene rings is 4. The van der Waals surface area contributed by atoms with E-state index < -0.39 is 0 Å².